The van der Waals surface area contributed by atoms with Gasteiger partial charge in [0.15, 0.2) is 0 Å². The summed E-state index contributed by atoms with van der Waals surface area (Å²) in [5.74, 6) is 1.21. The maximum absolute atomic E-state index is 10.1. The van der Waals surface area contributed by atoms with Gasteiger partial charge in [-0.2, -0.15) is 4.80 Å². The maximum Gasteiger partial charge on any atom is 0.206 e. The van der Waals surface area contributed by atoms with Gasteiger partial charge in [0.25, 0.3) is 0 Å². The van der Waals surface area contributed by atoms with E-state index in [2.05, 4.69) is 27.3 Å². The third kappa shape index (κ3) is 4.14. The fourth-order valence-electron chi connectivity index (χ4n) is 2.19. The number of benzene rings is 1. The number of nitrogens with zero attached hydrogens (tertiary/aromatic N) is 5. The predicted octanol–water partition coefficient (Wildman–Crippen LogP) is 1.74. The third-order valence-electron chi connectivity index (χ3n) is 3.52. The van der Waals surface area contributed by atoms with Crippen molar-refractivity contribution in [1.82, 2.24) is 25.2 Å². The van der Waals surface area contributed by atoms with Gasteiger partial charge in [0.2, 0.25) is 5.82 Å². The first-order chi connectivity index (χ1) is 11.7. The number of aryl methyl sites for hydroxylation is 1. The quantitative estimate of drug-likeness (QED) is 0.712. The molecule has 0 amide bonds. The molecule has 1 N–H and O–H groups in total. The molecule has 0 bridgehead atoms. The van der Waals surface area contributed by atoms with Crippen LogP contribution in [-0.2, 0) is 13.0 Å². The highest BCUT2D eigenvalue weighted by molar-refractivity contribution is 5.51. The molecule has 1 atom stereocenters. The summed E-state index contributed by atoms with van der Waals surface area (Å²) in [5, 5.41) is 22.2. The van der Waals surface area contributed by atoms with Crippen LogP contribution in [0.15, 0.2) is 48.8 Å². The summed E-state index contributed by atoms with van der Waals surface area (Å²) in [6, 6.07) is 11.5. The fourth-order valence-corrected chi connectivity index (χ4v) is 2.19. The molecule has 7 heteroatoms. The monoisotopic (exact) mass is 325 g/mol. The van der Waals surface area contributed by atoms with E-state index < -0.39 is 6.10 Å². The van der Waals surface area contributed by atoms with Crippen molar-refractivity contribution in [3.8, 4) is 17.1 Å². The molecule has 0 saturated heterocycles. The maximum atomic E-state index is 10.1. The second-order valence-electron chi connectivity index (χ2n) is 5.37. The van der Waals surface area contributed by atoms with Gasteiger partial charge >= 0.3 is 0 Å². The summed E-state index contributed by atoms with van der Waals surface area (Å²) in [6.07, 6.45) is 3.61. The zero-order valence-corrected chi connectivity index (χ0v) is 13.4. The van der Waals surface area contributed by atoms with E-state index in [1.54, 1.807) is 12.4 Å². The molecule has 124 valence electrons. The van der Waals surface area contributed by atoms with Crippen LogP contribution < -0.4 is 4.74 Å². The van der Waals surface area contributed by atoms with Crippen LogP contribution in [0.3, 0.4) is 0 Å². The van der Waals surface area contributed by atoms with Gasteiger partial charge < -0.3 is 9.84 Å². The number of hydrogen-bond donors (Lipinski definition) is 1. The van der Waals surface area contributed by atoms with Crippen molar-refractivity contribution in [1.29, 1.82) is 0 Å². The van der Waals surface area contributed by atoms with Crippen LogP contribution in [0.1, 0.15) is 12.5 Å². The largest absolute Gasteiger partial charge is 0.491 e. The molecule has 0 aliphatic carbocycles. The van der Waals surface area contributed by atoms with Crippen LogP contribution >= 0.6 is 0 Å². The topological polar surface area (TPSA) is 86.0 Å². The second-order valence-corrected chi connectivity index (χ2v) is 5.37. The van der Waals surface area contributed by atoms with Crippen molar-refractivity contribution < 1.29 is 9.84 Å². The summed E-state index contributed by atoms with van der Waals surface area (Å²) in [5.41, 5.74) is 2.03. The molecule has 0 saturated carbocycles. The molecule has 0 aliphatic heterocycles. The van der Waals surface area contributed by atoms with E-state index in [0.717, 1.165) is 17.7 Å². The van der Waals surface area contributed by atoms with Gasteiger partial charge in [0, 0.05) is 18.0 Å². The van der Waals surface area contributed by atoms with Crippen molar-refractivity contribution >= 4 is 0 Å². The standard InChI is InChI=1S/C17H19N5O2/c1-2-13-5-7-16(8-6-13)24-12-15(23)11-22-20-17(19-21-22)14-4-3-9-18-10-14/h3-10,15,23H,2,11-12H2,1H3/t15-/m0/s1. The zero-order valence-electron chi connectivity index (χ0n) is 13.4. The summed E-state index contributed by atoms with van der Waals surface area (Å²) >= 11 is 0. The number of pyridine rings is 1. The first-order valence-corrected chi connectivity index (χ1v) is 7.82. The number of aliphatic hydroxyl groups excluding tert-OH is 1. The van der Waals surface area contributed by atoms with Crippen molar-refractivity contribution in [3.05, 3.63) is 54.4 Å². The van der Waals surface area contributed by atoms with Crippen molar-refractivity contribution in [2.75, 3.05) is 6.61 Å². The third-order valence-corrected chi connectivity index (χ3v) is 3.52. The van der Waals surface area contributed by atoms with Crippen LogP contribution in [-0.4, -0.2) is 43.0 Å². The Balaban J connectivity index is 1.53. The number of tetrazole rings is 1. The molecule has 2 aromatic heterocycles. The molecule has 0 unspecified atom stereocenters. The highest BCUT2D eigenvalue weighted by Crippen LogP contribution is 2.13. The molecule has 1 aromatic carbocycles. The Morgan fingerprint density at radius 3 is 2.75 bits per heavy atom. The Kier molecular flexibility index (Phi) is 5.12. The number of hydrogen-bond acceptors (Lipinski definition) is 6. The minimum absolute atomic E-state index is 0.162. The zero-order chi connectivity index (χ0) is 16.8. The molecule has 7 nitrogen and oxygen atoms in total. The molecule has 24 heavy (non-hydrogen) atoms. The van der Waals surface area contributed by atoms with Crippen molar-refractivity contribution in [3.63, 3.8) is 0 Å². The lowest BCUT2D eigenvalue weighted by Gasteiger charge is -2.11. The van der Waals surface area contributed by atoms with E-state index in [1.807, 2.05) is 36.4 Å². The van der Waals surface area contributed by atoms with Gasteiger partial charge in [-0.25, -0.2) is 0 Å². The Hall–Kier alpha value is -2.80. The van der Waals surface area contributed by atoms with Gasteiger partial charge in [-0.05, 0) is 41.5 Å². The first-order valence-electron chi connectivity index (χ1n) is 7.82. The average Bonchev–Trinajstić information content (AvgIpc) is 3.09. The average molecular weight is 325 g/mol. The molecular formula is C17H19N5O2. The SMILES string of the molecule is CCc1ccc(OC[C@@H](O)Cn2nnc(-c3cccnc3)n2)cc1. The molecule has 3 aromatic rings. The van der Waals surface area contributed by atoms with Gasteiger partial charge in [-0.1, -0.05) is 19.1 Å². The first kappa shape index (κ1) is 16.1. The van der Waals surface area contributed by atoms with Crippen LogP contribution in [0.2, 0.25) is 0 Å². The minimum atomic E-state index is -0.730. The van der Waals surface area contributed by atoms with Crippen LogP contribution in [0.5, 0.6) is 5.75 Å². The van der Waals surface area contributed by atoms with E-state index in [-0.39, 0.29) is 13.2 Å². The summed E-state index contributed by atoms with van der Waals surface area (Å²) in [7, 11) is 0. The molecule has 0 fully saturated rings. The number of rotatable bonds is 7. The van der Waals surface area contributed by atoms with E-state index in [1.165, 1.54) is 10.4 Å². The van der Waals surface area contributed by atoms with Crippen LogP contribution in [0.25, 0.3) is 11.4 Å². The van der Waals surface area contributed by atoms with E-state index >= 15 is 0 Å². The predicted molar refractivity (Wildman–Crippen MR) is 88.4 cm³/mol. The summed E-state index contributed by atoms with van der Waals surface area (Å²) in [6.45, 7) is 2.47. The minimum Gasteiger partial charge on any atom is -0.491 e. The lowest BCUT2D eigenvalue weighted by atomic mass is 10.2. The molecule has 0 aliphatic rings. The van der Waals surface area contributed by atoms with Gasteiger partial charge in [-0.3, -0.25) is 4.98 Å². The second kappa shape index (κ2) is 7.65. The Bertz CT molecular complexity index is 758. The molecular weight excluding hydrogens is 306 g/mol. The van der Waals surface area contributed by atoms with Gasteiger partial charge in [0.1, 0.15) is 18.5 Å². The number of ether oxygens (including phenoxy) is 1. The highest BCUT2D eigenvalue weighted by Gasteiger charge is 2.11. The molecule has 0 radical (unpaired) electrons. The van der Waals surface area contributed by atoms with E-state index in [4.69, 9.17) is 4.74 Å². The molecule has 2 heterocycles. The fraction of sp³-hybridized carbons (Fsp3) is 0.294. The summed E-state index contributed by atoms with van der Waals surface area (Å²) in [4.78, 5) is 5.38. The highest BCUT2D eigenvalue weighted by atomic mass is 16.5. The smallest absolute Gasteiger partial charge is 0.206 e. The van der Waals surface area contributed by atoms with Gasteiger partial charge in [0.05, 0.1) is 6.54 Å². The van der Waals surface area contributed by atoms with Crippen LogP contribution in [0.4, 0.5) is 0 Å². The van der Waals surface area contributed by atoms with Crippen molar-refractivity contribution in [2.45, 2.75) is 26.0 Å². The van der Waals surface area contributed by atoms with E-state index in [0.29, 0.717) is 5.82 Å². The Morgan fingerprint density at radius 2 is 2.04 bits per heavy atom. The lowest BCUT2D eigenvalue weighted by Crippen LogP contribution is -2.25. The van der Waals surface area contributed by atoms with E-state index in [9.17, 15) is 5.11 Å². The lowest BCUT2D eigenvalue weighted by molar-refractivity contribution is 0.0850. The number of aromatic nitrogens is 5. The molecule has 0 spiro atoms. The van der Waals surface area contributed by atoms with Crippen LogP contribution in [0, 0.1) is 0 Å². The Morgan fingerprint density at radius 1 is 1.21 bits per heavy atom. The number of aliphatic hydroxyl groups is 1. The molecule has 3 rings (SSSR count). The Labute approximate surface area is 139 Å². The van der Waals surface area contributed by atoms with Gasteiger partial charge in [-0.15, -0.1) is 10.2 Å². The summed E-state index contributed by atoms with van der Waals surface area (Å²) < 4.78 is 5.58. The normalized spacial score (nSPS) is 12.1. The van der Waals surface area contributed by atoms with Crippen molar-refractivity contribution in [2.24, 2.45) is 0 Å².